The van der Waals surface area contributed by atoms with Crippen molar-refractivity contribution in [2.75, 3.05) is 0 Å². The number of carboxylic acid groups (broad SMARTS) is 1. The lowest BCUT2D eigenvalue weighted by atomic mass is 10.1. The second-order valence-corrected chi connectivity index (χ2v) is 4.24. The first-order valence-corrected chi connectivity index (χ1v) is 6.17. The molecule has 16 heavy (non-hydrogen) atoms. The molecule has 0 fully saturated rings. The largest absolute Gasteiger partial charge is 0.481 e. The van der Waals surface area contributed by atoms with Crippen molar-refractivity contribution in [1.29, 1.82) is 0 Å². The topological polar surface area (TPSA) is 57.5 Å². The van der Waals surface area contributed by atoms with Gasteiger partial charge in [-0.15, -0.1) is 0 Å². The van der Waals surface area contributed by atoms with Gasteiger partial charge in [-0.25, -0.2) is 0 Å². The summed E-state index contributed by atoms with van der Waals surface area (Å²) in [6.45, 7) is 1.82. The molecule has 2 N–H and O–H groups in total. The van der Waals surface area contributed by atoms with E-state index in [4.69, 9.17) is 10.2 Å². The summed E-state index contributed by atoms with van der Waals surface area (Å²) in [7, 11) is 0. The third-order valence-corrected chi connectivity index (χ3v) is 2.42. The number of aliphatic hydroxyl groups excluding tert-OH is 1. The van der Waals surface area contributed by atoms with Gasteiger partial charge in [-0.2, -0.15) is 0 Å². The summed E-state index contributed by atoms with van der Waals surface area (Å²) in [5.41, 5.74) is 0. The third kappa shape index (κ3) is 13.2. The molecule has 0 aromatic heterocycles. The van der Waals surface area contributed by atoms with Crippen LogP contribution in [0.3, 0.4) is 0 Å². The van der Waals surface area contributed by atoms with Crippen molar-refractivity contribution in [1.82, 2.24) is 0 Å². The lowest BCUT2D eigenvalue weighted by molar-refractivity contribution is -0.137. The maximum atomic E-state index is 10.2. The zero-order chi connectivity index (χ0) is 12.2. The second-order valence-electron chi connectivity index (χ2n) is 4.24. The lowest BCUT2D eigenvalue weighted by Crippen LogP contribution is -1.97. The van der Waals surface area contributed by atoms with Crippen molar-refractivity contribution in [3.63, 3.8) is 0 Å². The first kappa shape index (κ1) is 15.2. The van der Waals surface area contributed by atoms with Gasteiger partial charge in [-0.3, -0.25) is 4.79 Å². The van der Waals surface area contributed by atoms with Crippen LogP contribution in [0.15, 0.2) is 12.2 Å². The van der Waals surface area contributed by atoms with Crippen molar-refractivity contribution < 1.29 is 15.0 Å². The highest BCUT2D eigenvalue weighted by atomic mass is 16.4. The first-order chi connectivity index (χ1) is 7.63. The number of carbonyl (C=O) groups is 1. The zero-order valence-electron chi connectivity index (χ0n) is 10.2. The quantitative estimate of drug-likeness (QED) is 0.446. The Bertz CT molecular complexity index is 197. The summed E-state index contributed by atoms with van der Waals surface area (Å²) in [5.74, 6) is -0.706. The van der Waals surface area contributed by atoms with Crippen molar-refractivity contribution in [2.45, 2.75) is 64.4 Å². The minimum Gasteiger partial charge on any atom is -0.481 e. The van der Waals surface area contributed by atoms with E-state index in [1.807, 2.05) is 6.92 Å². The molecular weight excluding hydrogens is 204 g/mol. The third-order valence-electron chi connectivity index (χ3n) is 2.42. The van der Waals surface area contributed by atoms with Gasteiger partial charge in [0.2, 0.25) is 0 Å². The van der Waals surface area contributed by atoms with Crippen LogP contribution in [0.5, 0.6) is 0 Å². The van der Waals surface area contributed by atoms with Crippen molar-refractivity contribution >= 4 is 5.97 Å². The summed E-state index contributed by atoms with van der Waals surface area (Å²) in [5, 5.41) is 17.5. The summed E-state index contributed by atoms with van der Waals surface area (Å²) in [6, 6.07) is 0. The van der Waals surface area contributed by atoms with E-state index in [0.717, 1.165) is 44.9 Å². The van der Waals surface area contributed by atoms with E-state index >= 15 is 0 Å². The monoisotopic (exact) mass is 228 g/mol. The van der Waals surface area contributed by atoms with Crippen LogP contribution in [0.2, 0.25) is 0 Å². The Kier molecular flexibility index (Phi) is 10.1. The molecule has 0 saturated heterocycles. The Hall–Kier alpha value is -0.830. The normalized spacial score (nSPS) is 13.1. The van der Waals surface area contributed by atoms with Gasteiger partial charge >= 0.3 is 5.97 Å². The van der Waals surface area contributed by atoms with Crippen LogP contribution < -0.4 is 0 Å². The van der Waals surface area contributed by atoms with Gasteiger partial charge in [-0.1, -0.05) is 18.6 Å². The minimum absolute atomic E-state index is 0.181. The molecule has 1 unspecified atom stereocenters. The van der Waals surface area contributed by atoms with Gasteiger partial charge < -0.3 is 10.2 Å². The molecule has 0 spiro atoms. The molecule has 0 radical (unpaired) electrons. The Balaban J connectivity index is 3.13. The number of unbranched alkanes of at least 4 members (excludes halogenated alkanes) is 4. The van der Waals surface area contributed by atoms with Crippen LogP contribution in [-0.4, -0.2) is 22.3 Å². The Morgan fingerprint density at radius 1 is 1.12 bits per heavy atom. The van der Waals surface area contributed by atoms with E-state index in [1.54, 1.807) is 0 Å². The Morgan fingerprint density at radius 2 is 1.69 bits per heavy atom. The summed E-state index contributed by atoms with van der Waals surface area (Å²) in [4.78, 5) is 10.2. The van der Waals surface area contributed by atoms with E-state index in [9.17, 15) is 4.79 Å². The van der Waals surface area contributed by atoms with Crippen LogP contribution in [-0.2, 0) is 4.79 Å². The SMILES string of the molecule is CC(O)CCCCC=CCCCCC(=O)O. The second kappa shape index (κ2) is 10.7. The van der Waals surface area contributed by atoms with Gasteiger partial charge in [0.25, 0.3) is 0 Å². The first-order valence-electron chi connectivity index (χ1n) is 6.17. The summed E-state index contributed by atoms with van der Waals surface area (Å²) in [6.07, 6.45) is 11.2. The van der Waals surface area contributed by atoms with Gasteiger partial charge in [0.1, 0.15) is 0 Å². The minimum atomic E-state index is -0.706. The number of hydrogen-bond acceptors (Lipinski definition) is 2. The van der Waals surface area contributed by atoms with Crippen molar-refractivity contribution in [3.8, 4) is 0 Å². The van der Waals surface area contributed by atoms with Crippen LogP contribution in [0.25, 0.3) is 0 Å². The molecule has 0 rings (SSSR count). The van der Waals surface area contributed by atoms with Gasteiger partial charge in [0.15, 0.2) is 0 Å². The molecule has 94 valence electrons. The lowest BCUT2D eigenvalue weighted by Gasteiger charge is -2.01. The predicted octanol–water partition coefficient (Wildman–Crippen LogP) is 3.13. The highest BCUT2D eigenvalue weighted by Crippen LogP contribution is 2.05. The van der Waals surface area contributed by atoms with Crippen LogP contribution in [0, 0.1) is 0 Å². The average Bonchev–Trinajstić information content (AvgIpc) is 2.20. The fourth-order valence-electron chi connectivity index (χ4n) is 1.48. The highest BCUT2D eigenvalue weighted by molar-refractivity contribution is 5.66. The van der Waals surface area contributed by atoms with E-state index < -0.39 is 5.97 Å². The molecule has 0 heterocycles. The molecule has 0 bridgehead atoms. The molecule has 0 saturated carbocycles. The fraction of sp³-hybridized carbons (Fsp3) is 0.769. The van der Waals surface area contributed by atoms with Gasteiger partial charge in [-0.05, 0) is 45.4 Å². The highest BCUT2D eigenvalue weighted by Gasteiger charge is 1.95. The number of hydrogen-bond donors (Lipinski definition) is 2. The molecule has 0 aliphatic carbocycles. The van der Waals surface area contributed by atoms with Crippen molar-refractivity contribution in [3.05, 3.63) is 12.2 Å². The maximum Gasteiger partial charge on any atom is 0.303 e. The van der Waals surface area contributed by atoms with Crippen LogP contribution in [0.4, 0.5) is 0 Å². The van der Waals surface area contributed by atoms with E-state index in [2.05, 4.69) is 12.2 Å². The van der Waals surface area contributed by atoms with E-state index in [-0.39, 0.29) is 12.5 Å². The maximum absolute atomic E-state index is 10.2. The van der Waals surface area contributed by atoms with Gasteiger partial charge in [0.05, 0.1) is 6.10 Å². The average molecular weight is 228 g/mol. The zero-order valence-corrected chi connectivity index (χ0v) is 10.2. The number of allylic oxidation sites excluding steroid dienone is 2. The molecule has 1 atom stereocenters. The molecule has 3 heteroatoms. The number of aliphatic carboxylic acids is 1. The molecular formula is C13H24O3. The molecule has 0 amide bonds. The van der Waals surface area contributed by atoms with Gasteiger partial charge in [0, 0.05) is 6.42 Å². The fourth-order valence-corrected chi connectivity index (χ4v) is 1.48. The predicted molar refractivity (Wildman–Crippen MR) is 65.4 cm³/mol. The molecule has 0 aromatic carbocycles. The number of aliphatic hydroxyl groups is 1. The number of carboxylic acids is 1. The Morgan fingerprint density at radius 3 is 2.19 bits per heavy atom. The smallest absolute Gasteiger partial charge is 0.303 e. The standard InChI is InChI=1S/C13H24O3/c1-12(14)10-8-6-4-2-3-5-7-9-11-13(15)16/h2-3,12,14H,4-11H2,1H3,(H,15,16). The van der Waals surface area contributed by atoms with E-state index in [0.29, 0.717) is 0 Å². The summed E-state index contributed by atoms with van der Waals surface area (Å²) >= 11 is 0. The van der Waals surface area contributed by atoms with Crippen LogP contribution in [0.1, 0.15) is 58.3 Å². The summed E-state index contributed by atoms with van der Waals surface area (Å²) < 4.78 is 0. The van der Waals surface area contributed by atoms with Crippen molar-refractivity contribution in [2.24, 2.45) is 0 Å². The van der Waals surface area contributed by atoms with E-state index in [1.165, 1.54) is 0 Å². The van der Waals surface area contributed by atoms with Crippen LogP contribution >= 0.6 is 0 Å². The molecule has 0 aliphatic rings. The molecule has 3 nitrogen and oxygen atoms in total. The molecule has 0 aromatic rings. The molecule has 0 aliphatic heterocycles. The number of rotatable bonds is 10. The Labute approximate surface area is 98.2 Å².